The van der Waals surface area contributed by atoms with Gasteiger partial charge in [-0.2, -0.15) is 0 Å². The van der Waals surface area contributed by atoms with Crippen LogP contribution in [-0.4, -0.2) is 10.8 Å². The number of thiophene rings is 1. The van der Waals surface area contributed by atoms with Gasteiger partial charge in [-0.1, -0.05) is 11.6 Å². The van der Waals surface area contributed by atoms with Crippen LogP contribution in [0.15, 0.2) is 34.2 Å². The van der Waals surface area contributed by atoms with Crippen molar-refractivity contribution in [3.05, 3.63) is 55.3 Å². The van der Waals surface area contributed by atoms with Crippen LogP contribution in [0.1, 0.15) is 20.8 Å². The summed E-state index contributed by atoms with van der Waals surface area (Å²) < 4.78 is 0.994. The highest BCUT2D eigenvalue weighted by Crippen LogP contribution is 2.31. The van der Waals surface area contributed by atoms with E-state index < -0.39 is 0 Å². The minimum Gasteiger partial charge on any atom is -0.360 e. The molecule has 0 amide bonds. The average molecular weight is 355 g/mol. The Morgan fingerprint density at radius 3 is 2.84 bits per heavy atom. The summed E-state index contributed by atoms with van der Waals surface area (Å²) >= 11 is 10.9. The van der Waals surface area contributed by atoms with Crippen LogP contribution in [-0.2, 0) is 0 Å². The number of hydrogen-bond donors (Lipinski definition) is 1. The molecule has 0 spiro atoms. The number of H-pyrrole nitrogens is 1. The first-order valence-corrected chi connectivity index (χ1v) is 7.62. The highest BCUT2D eigenvalue weighted by molar-refractivity contribution is 9.11. The zero-order valence-electron chi connectivity index (χ0n) is 9.96. The molecule has 0 unspecified atom stereocenters. The summed E-state index contributed by atoms with van der Waals surface area (Å²) in [5.41, 5.74) is 2.65. The summed E-state index contributed by atoms with van der Waals surface area (Å²) in [6.45, 7) is 1.98. The molecule has 3 aromatic rings. The molecule has 0 aliphatic heterocycles. The number of hydrogen-bond acceptors (Lipinski definition) is 2. The number of rotatable bonds is 2. The van der Waals surface area contributed by atoms with Crippen LogP contribution in [0.3, 0.4) is 0 Å². The van der Waals surface area contributed by atoms with Gasteiger partial charge in [-0.15, -0.1) is 11.3 Å². The Balaban J connectivity index is 2.13. The number of aromatic amines is 1. The van der Waals surface area contributed by atoms with Crippen molar-refractivity contribution in [1.29, 1.82) is 0 Å². The number of fused-ring (bicyclic) bond motifs is 1. The summed E-state index contributed by atoms with van der Waals surface area (Å²) in [5, 5.41) is 1.49. The molecular formula is C14H9BrClNOS. The minimum atomic E-state index is 0.0207. The molecule has 1 aromatic carbocycles. The van der Waals surface area contributed by atoms with Crippen LogP contribution in [0.4, 0.5) is 0 Å². The Bertz CT molecular complexity index is 770. The van der Waals surface area contributed by atoms with Crippen molar-refractivity contribution in [2.24, 2.45) is 0 Å². The molecule has 0 radical (unpaired) electrons. The third-order valence-electron chi connectivity index (χ3n) is 2.97. The van der Waals surface area contributed by atoms with Crippen molar-refractivity contribution in [1.82, 2.24) is 4.98 Å². The predicted octanol–water partition coefficient (Wildman–Crippen LogP) is 5.18. The van der Waals surface area contributed by atoms with Gasteiger partial charge in [0.15, 0.2) is 0 Å². The molecule has 0 saturated heterocycles. The number of halogens is 2. The molecule has 2 heterocycles. The zero-order chi connectivity index (χ0) is 13.6. The Labute approximate surface area is 127 Å². The maximum atomic E-state index is 12.5. The van der Waals surface area contributed by atoms with E-state index in [1.54, 1.807) is 12.3 Å². The number of aryl methyl sites for hydroxylation is 1. The first-order chi connectivity index (χ1) is 9.06. The van der Waals surface area contributed by atoms with E-state index >= 15 is 0 Å². The standard InChI is InChI=1S/C14H9BrClNOS/c1-7-4-12(19-14(7)15)13(18)10-6-17-11-3-2-8(16)5-9(10)11/h2-6,17H,1H3. The van der Waals surface area contributed by atoms with E-state index in [-0.39, 0.29) is 5.78 Å². The van der Waals surface area contributed by atoms with Crippen LogP contribution >= 0.6 is 38.9 Å². The number of nitrogens with one attached hydrogen (secondary N) is 1. The lowest BCUT2D eigenvalue weighted by molar-refractivity contribution is 0.104. The second-order valence-electron chi connectivity index (χ2n) is 4.29. The number of carbonyl (C=O) groups is 1. The molecule has 2 nitrogen and oxygen atoms in total. The van der Waals surface area contributed by atoms with Gasteiger partial charge < -0.3 is 4.98 Å². The van der Waals surface area contributed by atoms with Gasteiger partial charge in [-0.05, 0) is 52.7 Å². The van der Waals surface area contributed by atoms with Gasteiger partial charge in [0.05, 0.1) is 8.66 Å². The Morgan fingerprint density at radius 1 is 1.37 bits per heavy atom. The molecule has 0 saturated carbocycles. The lowest BCUT2D eigenvalue weighted by Gasteiger charge is -1.97. The third kappa shape index (κ3) is 2.24. The fourth-order valence-corrected chi connectivity index (χ4v) is 3.65. The summed E-state index contributed by atoms with van der Waals surface area (Å²) in [6, 6.07) is 7.40. The van der Waals surface area contributed by atoms with Gasteiger partial charge in [-0.3, -0.25) is 4.79 Å². The van der Waals surface area contributed by atoms with Gasteiger partial charge in [0.25, 0.3) is 0 Å². The highest BCUT2D eigenvalue weighted by Gasteiger charge is 2.17. The summed E-state index contributed by atoms with van der Waals surface area (Å²) in [7, 11) is 0. The van der Waals surface area contributed by atoms with Gasteiger partial charge in [0.1, 0.15) is 0 Å². The molecule has 19 heavy (non-hydrogen) atoms. The molecule has 96 valence electrons. The van der Waals surface area contributed by atoms with Crippen molar-refractivity contribution in [3.8, 4) is 0 Å². The second-order valence-corrected chi connectivity index (χ2v) is 7.10. The summed E-state index contributed by atoms with van der Waals surface area (Å²) in [6.07, 6.45) is 1.74. The molecule has 0 bridgehead atoms. The van der Waals surface area contributed by atoms with Gasteiger partial charge in [-0.25, -0.2) is 0 Å². The van der Waals surface area contributed by atoms with Crippen LogP contribution in [0, 0.1) is 6.92 Å². The normalized spacial score (nSPS) is 11.1. The summed E-state index contributed by atoms with van der Waals surface area (Å²) in [4.78, 5) is 16.4. The Kier molecular flexibility index (Phi) is 3.25. The second kappa shape index (κ2) is 4.78. The van der Waals surface area contributed by atoms with E-state index in [2.05, 4.69) is 20.9 Å². The minimum absolute atomic E-state index is 0.0207. The largest absolute Gasteiger partial charge is 0.360 e. The first kappa shape index (κ1) is 12.9. The quantitative estimate of drug-likeness (QED) is 0.632. The van der Waals surface area contributed by atoms with Gasteiger partial charge in [0.2, 0.25) is 5.78 Å². The number of aromatic nitrogens is 1. The maximum Gasteiger partial charge on any atom is 0.205 e. The molecule has 2 aromatic heterocycles. The molecule has 1 N–H and O–H groups in total. The van der Waals surface area contributed by atoms with E-state index in [1.165, 1.54) is 11.3 Å². The van der Waals surface area contributed by atoms with Crippen LogP contribution in [0.5, 0.6) is 0 Å². The van der Waals surface area contributed by atoms with Crippen LogP contribution in [0.2, 0.25) is 5.02 Å². The monoisotopic (exact) mass is 353 g/mol. The predicted molar refractivity (Wildman–Crippen MR) is 83.5 cm³/mol. The van der Waals surface area contributed by atoms with Gasteiger partial charge >= 0.3 is 0 Å². The van der Waals surface area contributed by atoms with E-state index in [0.717, 1.165) is 25.1 Å². The van der Waals surface area contributed by atoms with E-state index in [9.17, 15) is 4.79 Å². The maximum absolute atomic E-state index is 12.5. The first-order valence-electron chi connectivity index (χ1n) is 5.63. The lowest BCUT2D eigenvalue weighted by Crippen LogP contribution is -1.96. The van der Waals surface area contributed by atoms with Crippen LogP contribution in [0.25, 0.3) is 10.9 Å². The average Bonchev–Trinajstić information content (AvgIpc) is 2.93. The molecular weight excluding hydrogens is 346 g/mol. The SMILES string of the molecule is Cc1cc(C(=O)c2c[nH]c3ccc(Cl)cc23)sc1Br. The third-order valence-corrected chi connectivity index (χ3v) is 5.34. The van der Waals surface area contributed by atoms with Gasteiger partial charge in [0, 0.05) is 27.7 Å². The smallest absolute Gasteiger partial charge is 0.205 e. The van der Waals surface area contributed by atoms with E-state index in [0.29, 0.717) is 10.6 Å². The van der Waals surface area contributed by atoms with E-state index in [1.807, 2.05) is 25.1 Å². The van der Waals surface area contributed by atoms with Crippen LogP contribution < -0.4 is 0 Å². The summed E-state index contributed by atoms with van der Waals surface area (Å²) in [5.74, 6) is 0.0207. The topological polar surface area (TPSA) is 32.9 Å². The molecule has 0 aliphatic rings. The fraction of sp³-hybridized carbons (Fsp3) is 0.0714. The molecule has 0 fully saturated rings. The van der Waals surface area contributed by atoms with Crippen molar-refractivity contribution in [2.75, 3.05) is 0 Å². The fourth-order valence-electron chi connectivity index (χ4n) is 1.99. The Morgan fingerprint density at radius 2 is 2.16 bits per heavy atom. The van der Waals surface area contributed by atoms with Crippen molar-refractivity contribution >= 4 is 55.6 Å². The number of carbonyl (C=O) groups excluding carboxylic acids is 1. The molecule has 0 atom stereocenters. The number of ketones is 1. The molecule has 3 rings (SSSR count). The zero-order valence-corrected chi connectivity index (χ0v) is 13.1. The lowest BCUT2D eigenvalue weighted by atomic mass is 10.1. The highest BCUT2D eigenvalue weighted by atomic mass is 79.9. The Hall–Kier alpha value is -1.10. The van der Waals surface area contributed by atoms with Crippen molar-refractivity contribution in [2.45, 2.75) is 6.92 Å². The van der Waals surface area contributed by atoms with E-state index in [4.69, 9.17) is 11.6 Å². The van der Waals surface area contributed by atoms with Crippen molar-refractivity contribution < 1.29 is 4.79 Å². The molecule has 5 heteroatoms. The van der Waals surface area contributed by atoms with Crippen molar-refractivity contribution in [3.63, 3.8) is 0 Å². The number of benzene rings is 1. The molecule has 0 aliphatic carbocycles.